The van der Waals surface area contributed by atoms with Gasteiger partial charge < -0.3 is 0 Å². The highest BCUT2D eigenvalue weighted by atomic mass is 32.1. The number of carbonyl (C=O) groups is 1. The minimum absolute atomic E-state index is 2.23. The van der Waals surface area contributed by atoms with E-state index in [1.54, 1.807) is 0 Å². The quantitative estimate of drug-likeness (QED) is 0.608. The SMILES string of the molecule is O=C(S)C(F)(F)C(F)(F)C(F)(F)C(F)F. The molecule has 0 saturated carbocycles. The highest BCUT2D eigenvalue weighted by Gasteiger charge is 2.77. The molecule has 0 aliphatic rings. The van der Waals surface area contributed by atoms with Gasteiger partial charge in [-0.2, -0.15) is 26.3 Å². The molecule has 90 valence electrons. The molecule has 0 amide bonds. The number of halogens is 8. The van der Waals surface area contributed by atoms with Gasteiger partial charge in [0.15, 0.2) is 0 Å². The second kappa shape index (κ2) is 3.80. The lowest BCUT2D eigenvalue weighted by Crippen LogP contribution is -2.59. The van der Waals surface area contributed by atoms with Gasteiger partial charge in [0.2, 0.25) is 0 Å². The molecular weight excluding hydrogens is 260 g/mol. The molecule has 0 aliphatic carbocycles. The molecule has 0 spiro atoms. The zero-order valence-electron chi connectivity index (χ0n) is 6.46. The van der Waals surface area contributed by atoms with Crippen molar-refractivity contribution in [2.45, 2.75) is 24.2 Å². The lowest BCUT2D eigenvalue weighted by molar-refractivity contribution is -0.325. The molecule has 0 atom stereocenters. The molecule has 0 aromatic rings. The Morgan fingerprint density at radius 2 is 1.33 bits per heavy atom. The zero-order chi connectivity index (χ0) is 12.7. The molecule has 10 heteroatoms. The molecule has 0 aliphatic heterocycles. The van der Waals surface area contributed by atoms with Crippen LogP contribution >= 0.6 is 12.6 Å². The van der Waals surface area contributed by atoms with Crippen molar-refractivity contribution in [3.05, 3.63) is 0 Å². The molecular formula is C5H2F8OS. The van der Waals surface area contributed by atoms with Crippen molar-refractivity contribution in [2.24, 2.45) is 0 Å². The lowest BCUT2D eigenvalue weighted by atomic mass is 10.1. The van der Waals surface area contributed by atoms with E-state index in [2.05, 4.69) is 12.6 Å². The van der Waals surface area contributed by atoms with Crippen molar-refractivity contribution in [1.29, 1.82) is 0 Å². The predicted octanol–water partition coefficient (Wildman–Crippen LogP) is 2.61. The number of rotatable bonds is 4. The summed E-state index contributed by atoms with van der Waals surface area (Å²) in [5.74, 6) is -18.8. The van der Waals surface area contributed by atoms with Crippen LogP contribution in [-0.2, 0) is 4.79 Å². The Morgan fingerprint density at radius 3 is 1.53 bits per heavy atom. The normalized spacial score (nSPS) is 14.5. The van der Waals surface area contributed by atoms with E-state index in [0.29, 0.717) is 0 Å². The van der Waals surface area contributed by atoms with Crippen LogP contribution in [0.1, 0.15) is 0 Å². The summed E-state index contributed by atoms with van der Waals surface area (Å²) in [5.41, 5.74) is 0. The molecule has 1 nitrogen and oxygen atoms in total. The zero-order valence-corrected chi connectivity index (χ0v) is 7.35. The maximum Gasteiger partial charge on any atom is 0.386 e. The summed E-state index contributed by atoms with van der Waals surface area (Å²) in [6.45, 7) is 0. The standard InChI is InChI=1S/C5H2F8OS/c6-1(7)3(8,9)5(12,13)4(10,11)2(14)15/h1H,(H,14,15). The van der Waals surface area contributed by atoms with Gasteiger partial charge in [-0.25, -0.2) is 8.78 Å². The van der Waals surface area contributed by atoms with E-state index in [9.17, 15) is 39.9 Å². The largest absolute Gasteiger partial charge is 0.386 e. The summed E-state index contributed by atoms with van der Waals surface area (Å²) in [7, 11) is 0. The van der Waals surface area contributed by atoms with Crippen LogP contribution in [-0.4, -0.2) is 29.3 Å². The number of hydrogen-bond donors (Lipinski definition) is 1. The topological polar surface area (TPSA) is 17.1 Å². The van der Waals surface area contributed by atoms with Crippen LogP contribution in [0.15, 0.2) is 0 Å². The van der Waals surface area contributed by atoms with E-state index in [-0.39, 0.29) is 0 Å². The third-order valence-corrected chi connectivity index (χ3v) is 1.64. The number of thiol groups is 1. The Bertz CT molecular complexity index is 262. The molecule has 15 heavy (non-hydrogen) atoms. The van der Waals surface area contributed by atoms with Crippen molar-refractivity contribution < 1.29 is 39.9 Å². The second-order valence-electron chi connectivity index (χ2n) is 2.38. The van der Waals surface area contributed by atoms with Crippen LogP contribution in [0.5, 0.6) is 0 Å². The van der Waals surface area contributed by atoms with Crippen LogP contribution in [0.4, 0.5) is 35.1 Å². The Kier molecular flexibility index (Phi) is 3.66. The third-order valence-electron chi connectivity index (χ3n) is 1.36. The third kappa shape index (κ3) is 2.04. The van der Waals surface area contributed by atoms with E-state index in [4.69, 9.17) is 0 Å². The first-order valence-corrected chi connectivity index (χ1v) is 3.48. The van der Waals surface area contributed by atoms with Crippen LogP contribution in [0.25, 0.3) is 0 Å². The number of carbonyl (C=O) groups excluding carboxylic acids is 1. The first-order valence-electron chi connectivity index (χ1n) is 3.04. The minimum atomic E-state index is -6.51. The molecule has 0 heterocycles. The van der Waals surface area contributed by atoms with Gasteiger partial charge in [0, 0.05) is 0 Å². The first kappa shape index (κ1) is 14.5. The van der Waals surface area contributed by atoms with Gasteiger partial charge in [-0.1, -0.05) is 12.6 Å². The van der Waals surface area contributed by atoms with Crippen molar-refractivity contribution in [1.82, 2.24) is 0 Å². The summed E-state index contributed by atoms with van der Waals surface area (Å²) in [6, 6.07) is 0. The van der Waals surface area contributed by atoms with Gasteiger partial charge >= 0.3 is 24.2 Å². The van der Waals surface area contributed by atoms with E-state index in [1.165, 1.54) is 0 Å². The number of alkyl halides is 8. The van der Waals surface area contributed by atoms with Crippen molar-refractivity contribution >= 4 is 17.7 Å². The van der Waals surface area contributed by atoms with Gasteiger partial charge in [-0.15, -0.1) is 0 Å². The highest BCUT2D eigenvalue weighted by Crippen LogP contribution is 2.49. The van der Waals surface area contributed by atoms with E-state index in [0.717, 1.165) is 0 Å². The minimum Gasteiger partial charge on any atom is -0.280 e. The molecule has 0 unspecified atom stereocenters. The fourth-order valence-electron chi connectivity index (χ4n) is 0.481. The predicted molar refractivity (Wildman–Crippen MR) is 34.8 cm³/mol. The molecule has 0 saturated heterocycles. The van der Waals surface area contributed by atoms with E-state index in [1.807, 2.05) is 0 Å². The monoisotopic (exact) mass is 262 g/mol. The van der Waals surface area contributed by atoms with Gasteiger partial charge in [0.1, 0.15) is 0 Å². The Morgan fingerprint density at radius 1 is 1.00 bits per heavy atom. The smallest absolute Gasteiger partial charge is 0.280 e. The van der Waals surface area contributed by atoms with Crippen molar-refractivity contribution in [3.8, 4) is 0 Å². The van der Waals surface area contributed by atoms with Crippen molar-refractivity contribution in [3.63, 3.8) is 0 Å². The highest BCUT2D eigenvalue weighted by molar-refractivity contribution is 7.96. The maximum absolute atomic E-state index is 12.2. The Balaban J connectivity index is 5.40. The lowest BCUT2D eigenvalue weighted by Gasteiger charge is -2.30. The molecule has 0 radical (unpaired) electrons. The summed E-state index contributed by atoms with van der Waals surface area (Å²) in [6.07, 6.45) is -5.04. The van der Waals surface area contributed by atoms with Crippen LogP contribution in [0, 0.1) is 0 Å². The molecule has 0 aromatic carbocycles. The van der Waals surface area contributed by atoms with E-state index < -0.39 is 29.3 Å². The van der Waals surface area contributed by atoms with Gasteiger partial charge in [0.25, 0.3) is 5.12 Å². The fraction of sp³-hybridized carbons (Fsp3) is 0.800. The summed E-state index contributed by atoms with van der Waals surface area (Å²) >= 11 is 2.23. The molecule has 0 fully saturated rings. The Hall–Kier alpha value is -0.540. The molecule has 0 aromatic heterocycles. The average Bonchev–Trinajstić information content (AvgIpc) is 2.02. The van der Waals surface area contributed by atoms with Crippen LogP contribution in [0.2, 0.25) is 0 Å². The molecule has 0 N–H and O–H groups in total. The maximum atomic E-state index is 12.2. The summed E-state index contributed by atoms with van der Waals surface area (Å²) < 4.78 is 95.7. The molecule has 0 rings (SSSR count). The van der Waals surface area contributed by atoms with Gasteiger partial charge in [-0.3, -0.25) is 4.79 Å². The summed E-state index contributed by atoms with van der Waals surface area (Å²) in [4.78, 5) is 9.84. The number of hydrogen-bond acceptors (Lipinski definition) is 1. The fourth-order valence-corrected chi connectivity index (χ4v) is 0.621. The summed E-state index contributed by atoms with van der Waals surface area (Å²) in [5, 5.41) is -2.92. The second-order valence-corrected chi connectivity index (χ2v) is 2.78. The Labute approximate surface area is 82.8 Å². The van der Waals surface area contributed by atoms with Crippen LogP contribution < -0.4 is 0 Å². The van der Waals surface area contributed by atoms with Crippen molar-refractivity contribution in [2.75, 3.05) is 0 Å². The van der Waals surface area contributed by atoms with Gasteiger partial charge in [-0.05, 0) is 0 Å². The van der Waals surface area contributed by atoms with E-state index >= 15 is 0 Å². The van der Waals surface area contributed by atoms with Gasteiger partial charge in [0.05, 0.1) is 0 Å². The molecule has 0 bridgehead atoms. The average molecular weight is 262 g/mol. The first-order chi connectivity index (χ1) is 6.39. The van der Waals surface area contributed by atoms with Crippen LogP contribution in [0.3, 0.4) is 0 Å².